The highest BCUT2D eigenvalue weighted by Gasteiger charge is 2.68. The van der Waals surface area contributed by atoms with Crippen LogP contribution in [-0.2, 0) is 26.3 Å². The quantitative estimate of drug-likeness (QED) is 0.223. The zero-order chi connectivity index (χ0) is 30.0. The Morgan fingerprint density at radius 2 is 1.95 bits per heavy atom. The molecule has 7 nitrogen and oxygen atoms in total. The van der Waals surface area contributed by atoms with E-state index in [-0.39, 0.29) is 11.7 Å². The van der Waals surface area contributed by atoms with Gasteiger partial charge in [0.05, 0.1) is 23.5 Å². The molecule has 4 aliphatic rings. The molecule has 3 aliphatic heterocycles. The number of carbonyl (C=O) groups excluding carboxylic acids is 1. The number of unbranched alkanes of at least 4 members (excludes halogenated alkanes) is 1. The van der Waals surface area contributed by atoms with Crippen LogP contribution in [0.5, 0.6) is 5.75 Å². The monoisotopic (exact) mass is 603 g/mol. The van der Waals surface area contributed by atoms with E-state index in [9.17, 15) is 18.0 Å². The number of hydrogen-bond acceptors (Lipinski definition) is 8. The number of thioether (sulfide) groups is 1. The number of hydrogen-bond donors (Lipinski definition) is 1. The number of ether oxygens (including phenoxy) is 3. The Balaban J connectivity index is 1.35. The molecule has 2 aromatic rings. The molecule has 3 fully saturated rings. The van der Waals surface area contributed by atoms with Gasteiger partial charge in [0.2, 0.25) is 5.85 Å². The van der Waals surface area contributed by atoms with Gasteiger partial charge in [0.25, 0.3) is 0 Å². The van der Waals surface area contributed by atoms with Crippen LogP contribution < -0.4 is 10.2 Å². The summed E-state index contributed by atoms with van der Waals surface area (Å²) in [4.78, 5) is 14.8. The van der Waals surface area contributed by atoms with Gasteiger partial charge < -0.3 is 14.2 Å². The highest BCUT2D eigenvalue weighted by molar-refractivity contribution is 8.00. The van der Waals surface area contributed by atoms with Crippen LogP contribution in [0.3, 0.4) is 0 Å². The second-order valence-corrected chi connectivity index (χ2v) is 11.6. The van der Waals surface area contributed by atoms with Crippen LogP contribution in [0.4, 0.5) is 13.2 Å². The van der Waals surface area contributed by atoms with E-state index in [0.717, 1.165) is 41.2 Å². The van der Waals surface area contributed by atoms with Crippen LogP contribution in [0.15, 0.2) is 71.7 Å². The Bertz CT molecular complexity index is 1340. The normalized spacial score (nSPS) is 25.4. The molecule has 3 atom stereocenters. The van der Waals surface area contributed by atoms with Crippen molar-refractivity contribution < 1.29 is 32.2 Å². The molecule has 3 heterocycles. The molecule has 3 saturated heterocycles. The van der Waals surface area contributed by atoms with Crippen LogP contribution in [0.25, 0.3) is 0 Å². The summed E-state index contributed by atoms with van der Waals surface area (Å²) >= 11 is 1.42. The van der Waals surface area contributed by atoms with Crippen LogP contribution in [0.2, 0.25) is 0 Å². The Hall–Kier alpha value is -2.83. The average molecular weight is 604 g/mol. The molecule has 1 N–H and O–H groups in total. The van der Waals surface area contributed by atoms with Crippen molar-refractivity contribution in [2.45, 2.75) is 68.8 Å². The van der Waals surface area contributed by atoms with Gasteiger partial charge in [0.1, 0.15) is 12.4 Å². The largest absolute Gasteiger partial charge is 0.491 e. The first-order valence-corrected chi connectivity index (χ1v) is 15.2. The third kappa shape index (κ3) is 5.98. The average Bonchev–Trinajstić information content (AvgIpc) is 3.53. The lowest BCUT2D eigenvalue weighted by Gasteiger charge is -2.49. The van der Waals surface area contributed by atoms with E-state index in [4.69, 9.17) is 14.2 Å². The Morgan fingerprint density at radius 3 is 2.60 bits per heavy atom. The second kappa shape index (κ2) is 12.4. The molecule has 0 saturated carbocycles. The molecule has 6 rings (SSSR count). The first-order chi connectivity index (χ1) is 20.1. The van der Waals surface area contributed by atoms with Gasteiger partial charge in [-0.1, -0.05) is 49.8 Å². The topological polar surface area (TPSA) is 63.3 Å². The highest BCUT2D eigenvalue weighted by atomic mass is 32.2. The van der Waals surface area contributed by atoms with Gasteiger partial charge >= 0.3 is 12.1 Å². The fraction of sp³-hybridized carbons (Fsp3) is 0.452. The highest BCUT2D eigenvalue weighted by Crippen LogP contribution is 2.51. The number of nitrogens with zero attached hydrogens (tertiary/aromatic N) is 2. The van der Waals surface area contributed by atoms with Crippen molar-refractivity contribution in [3.63, 3.8) is 0 Å². The number of carbonyl (C=O) groups is 1. The van der Waals surface area contributed by atoms with Gasteiger partial charge in [-0.2, -0.15) is 18.2 Å². The molecular weight excluding hydrogens is 567 g/mol. The molecule has 1 aliphatic carbocycles. The van der Waals surface area contributed by atoms with Crippen LogP contribution in [0.1, 0.15) is 49.8 Å². The summed E-state index contributed by atoms with van der Waals surface area (Å²) in [6, 6.07) is 11.0. The fourth-order valence-corrected chi connectivity index (χ4v) is 6.22. The fourth-order valence-electron chi connectivity index (χ4n) is 5.43. The summed E-state index contributed by atoms with van der Waals surface area (Å²) < 4.78 is 57.6. The Labute approximate surface area is 248 Å². The molecule has 42 heavy (non-hydrogen) atoms. The van der Waals surface area contributed by atoms with Gasteiger partial charge in [-0.15, -0.1) is 11.8 Å². The van der Waals surface area contributed by atoms with E-state index in [1.54, 1.807) is 6.92 Å². The summed E-state index contributed by atoms with van der Waals surface area (Å²) in [5.41, 5.74) is 3.77. The molecule has 0 radical (unpaired) electrons. The Kier molecular flexibility index (Phi) is 9.05. The molecule has 2 bridgehead atoms. The molecule has 11 heteroatoms. The van der Waals surface area contributed by atoms with Crippen LogP contribution in [-0.4, -0.2) is 53.3 Å². The first-order valence-electron chi connectivity index (χ1n) is 14.2. The predicted octanol–water partition coefficient (Wildman–Crippen LogP) is 6.35. The number of aryl methyl sites for hydroxylation is 1. The van der Waals surface area contributed by atoms with Crippen molar-refractivity contribution in [2.75, 3.05) is 25.5 Å². The Morgan fingerprint density at radius 1 is 1.17 bits per heavy atom. The summed E-state index contributed by atoms with van der Waals surface area (Å²) in [7, 11) is 0. The third-order valence-corrected chi connectivity index (χ3v) is 8.65. The van der Waals surface area contributed by atoms with Gasteiger partial charge in [-0.05, 0) is 62.6 Å². The van der Waals surface area contributed by atoms with Crippen molar-refractivity contribution in [3.05, 3.63) is 83.5 Å². The molecule has 0 amide bonds. The number of halogens is 3. The number of rotatable bonds is 12. The minimum absolute atomic E-state index is 0.241. The molecule has 0 aromatic heterocycles. The molecule has 3 unspecified atom stereocenters. The van der Waals surface area contributed by atoms with E-state index in [2.05, 4.69) is 29.4 Å². The number of esters is 1. The van der Waals surface area contributed by atoms with Gasteiger partial charge in [-0.25, -0.2) is 10.3 Å². The predicted molar refractivity (Wildman–Crippen MR) is 154 cm³/mol. The molecule has 0 spiro atoms. The first kappa shape index (κ1) is 30.6. The second-order valence-electron chi connectivity index (χ2n) is 10.6. The summed E-state index contributed by atoms with van der Waals surface area (Å²) in [5, 5.41) is 2.04. The van der Waals surface area contributed by atoms with Gasteiger partial charge in [0.15, 0.2) is 6.35 Å². The maximum atomic E-state index is 13.3. The number of allylic oxidation sites excluding steroid dienone is 2. The lowest BCUT2D eigenvalue weighted by molar-refractivity contribution is -0.341. The minimum atomic E-state index is -4.41. The van der Waals surface area contributed by atoms with Gasteiger partial charge in [-0.3, -0.25) is 4.79 Å². The summed E-state index contributed by atoms with van der Waals surface area (Å²) in [6.07, 6.45) is 5.83. The van der Waals surface area contributed by atoms with Crippen molar-refractivity contribution in [2.24, 2.45) is 0 Å². The SMILES string of the molecule is CCCCN1C2OC1(c1ccc(C(F)(F)F)cc1)NN2C1(COc2ccc(SCC(=O)OCC)cc2C)C=CC=CC1. The number of benzene rings is 2. The van der Waals surface area contributed by atoms with Crippen molar-refractivity contribution >= 4 is 17.7 Å². The smallest absolute Gasteiger partial charge is 0.416 e. The van der Waals surface area contributed by atoms with E-state index in [0.29, 0.717) is 31.7 Å². The van der Waals surface area contributed by atoms with Gasteiger partial charge in [0, 0.05) is 17.0 Å². The maximum absolute atomic E-state index is 13.3. The number of fused-ring (bicyclic) bond motifs is 1. The maximum Gasteiger partial charge on any atom is 0.416 e. The van der Waals surface area contributed by atoms with Crippen molar-refractivity contribution in [3.8, 4) is 5.75 Å². The van der Waals surface area contributed by atoms with E-state index >= 15 is 0 Å². The lowest BCUT2D eigenvalue weighted by Crippen LogP contribution is -2.64. The zero-order valence-electron chi connectivity index (χ0n) is 23.9. The zero-order valence-corrected chi connectivity index (χ0v) is 24.8. The van der Waals surface area contributed by atoms with E-state index < -0.39 is 29.5 Å². The molecular formula is C31H36F3N3O4S. The molecule has 2 aromatic carbocycles. The molecule has 226 valence electrons. The minimum Gasteiger partial charge on any atom is -0.491 e. The standard InChI is InChI=1S/C31H36F3N3O4S/c1-4-6-18-36-28-37(35-31(36,41-28)24-12-10-23(11-13-24)30(32,33)34)29(16-8-7-9-17-29)21-40-26-15-14-25(19-22(26)3)42-20-27(38)39-5-2/h7-16,19,28,35H,4-6,17-18,20-21H2,1-3H3. The number of alkyl halides is 3. The lowest BCUT2D eigenvalue weighted by atomic mass is 9.91. The van der Waals surface area contributed by atoms with Crippen molar-refractivity contribution in [1.29, 1.82) is 0 Å². The third-order valence-electron chi connectivity index (χ3n) is 7.69. The summed E-state index contributed by atoms with van der Waals surface area (Å²) in [5.74, 6) is -0.337. The van der Waals surface area contributed by atoms with Crippen LogP contribution in [0, 0.1) is 6.92 Å². The van der Waals surface area contributed by atoms with Crippen molar-refractivity contribution in [1.82, 2.24) is 15.3 Å². The number of nitrogens with one attached hydrogen (secondary N) is 1. The number of hydrazine groups is 1. The van der Waals surface area contributed by atoms with Crippen LogP contribution >= 0.6 is 11.8 Å². The summed E-state index contributed by atoms with van der Waals surface area (Å²) in [6.45, 7) is 7.23. The van der Waals surface area contributed by atoms with E-state index in [1.165, 1.54) is 23.9 Å². The van der Waals surface area contributed by atoms with E-state index in [1.807, 2.05) is 42.3 Å².